The lowest BCUT2D eigenvalue weighted by atomic mass is 9.87. The summed E-state index contributed by atoms with van der Waals surface area (Å²) in [7, 11) is 0. The average molecular weight is 284 g/mol. The molecule has 106 valence electrons. The summed E-state index contributed by atoms with van der Waals surface area (Å²) in [6, 6.07) is 5.67. The van der Waals surface area contributed by atoms with Crippen LogP contribution in [0.3, 0.4) is 0 Å². The zero-order chi connectivity index (χ0) is 14.8. The first kappa shape index (κ1) is 12.3. The summed E-state index contributed by atoms with van der Waals surface area (Å²) >= 11 is 0. The number of fused-ring (bicyclic) bond motifs is 1. The average Bonchev–Trinajstić information content (AvgIpc) is 3.16. The molecule has 1 spiro atoms. The van der Waals surface area contributed by atoms with Crippen molar-refractivity contribution in [1.29, 1.82) is 0 Å². The predicted molar refractivity (Wildman–Crippen MR) is 70.2 cm³/mol. The Kier molecular flexibility index (Phi) is 2.21. The number of imide groups is 2. The molecule has 2 heterocycles. The molecule has 0 bridgehead atoms. The molecule has 4 rings (SSSR count). The van der Waals surface area contributed by atoms with Crippen molar-refractivity contribution in [2.45, 2.75) is 25.3 Å². The maximum absolute atomic E-state index is 12.5. The zero-order valence-corrected chi connectivity index (χ0v) is 11.1. The van der Waals surface area contributed by atoms with Crippen molar-refractivity contribution in [3.05, 3.63) is 35.4 Å². The first-order valence-electron chi connectivity index (χ1n) is 6.84. The molecule has 1 aromatic carbocycles. The standard InChI is InChI=1S/C15H12N2O4/c18-10-7-15(5-6-15)11(12(19)16-10)17-13(20)8-3-1-2-4-9(8)14(17)21/h1-4,11H,5-7H2,(H,16,18,19). The molecular weight excluding hydrogens is 272 g/mol. The maximum atomic E-state index is 12.5. The van der Waals surface area contributed by atoms with Gasteiger partial charge in [0.2, 0.25) is 11.8 Å². The van der Waals surface area contributed by atoms with E-state index in [0.29, 0.717) is 24.0 Å². The lowest BCUT2D eigenvalue weighted by Gasteiger charge is -2.35. The number of carbonyl (C=O) groups excluding carboxylic acids is 4. The number of nitrogens with one attached hydrogen (secondary N) is 1. The number of hydrogen-bond acceptors (Lipinski definition) is 4. The second-order valence-electron chi connectivity index (χ2n) is 5.88. The van der Waals surface area contributed by atoms with E-state index in [1.165, 1.54) is 0 Å². The molecule has 1 unspecified atom stereocenters. The van der Waals surface area contributed by atoms with Crippen LogP contribution in [-0.4, -0.2) is 34.6 Å². The second kappa shape index (κ2) is 3.78. The van der Waals surface area contributed by atoms with E-state index in [1.54, 1.807) is 24.3 Å². The third-order valence-corrected chi connectivity index (χ3v) is 4.58. The molecule has 6 heteroatoms. The van der Waals surface area contributed by atoms with Crippen molar-refractivity contribution in [2.75, 3.05) is 0 Å². The van der Waals surface area contributed by atoms with E-state index in [9.17, 15) is 19.2 Å². The van der Waals surface area contributed by atoms with E-state index in [-0.39, 0.29) is 12.3 Å². The number of rotatable bonds is 1. The maximum Gasteiger partial charge on any atom is 0.262 e. The van der Waals surface area contributed by atoms with Gasteiger partial charge in [-0.15, -0.1) is 0 Å². The van der Waals surface area contributed by atoms with Gasteiger partial charge in [0.1, 0.15) is 6.04 Å². The lowest BCUT2D eigenvalue weighted by molar-refractivity contribution is -0.139. The molecule has 1 aliphatic carbocycles. The van der Waals surface area contributed by atoms with Crippen molar-refractivity contribution in [1.82, 2.24) is 10.2 Å². The highest BCUT2D eigenvalue weighted by Gasteiger charge is 2.61. The van der Waals surface area contributed by atoms with Crippen LogP contribution >= 0.6 is 0 Å². The normalized spacial score (nSPS) is 26.1. The van der Waals surface area contributed by atoms with Gasteiger partial charge < -0.3 is 0 Å². The Balaban J connectivity index is 1.78. The molecule has 0 radical (unpaired) electrons. The van der Waals surface area contributed by atoms with Gasteiger partial charge in [-0.25, -0.2) is 0 Å². The van der Waals surface area contributed by atoms with Gasteiger partial charge in [-0.1, -0.05) is 12.1 Å². The number of carbonyl (C=O) groups is 4. The van der Waals surface area contributed by atoms with Gasteiger partial charge in [0.15, 0.2) is 0 Å². The molecule has 2 fully saturated rings. The van der Waals surface area contributed by atoms with E-state index in [4.69, 9.17) is 0 Å². The summed E-state index contributed by atoms with van der Waals surface area (Å²) in [6.45, 7) is 0. The van der Waals surface area contributed by atoms with Crippen LogP contribution in [0.15, 0.2) is 24.3 Å². The number of nitrogens with zero attached hydrogens (tertiary/aromatic N) is 1. The Labute approximate surface area is 120 Å². The van der Waals surface area contributed by atoms with Crippen LogP contribution in [0.5, 0.6) is 0 Å². The minimum atomic E-state index is -0.873. The Hall–Kier alpha value is -2.50. The number of benzene rings is 1. The van der Waals surface area contributed by atoms with Crippen LogP contribution in [-0.2, 0) is 9.59 Å². The summed E-state index contributed by atoms with van der Waals surface area (Å²) in [5.74, 6) is -1.77. The minimum Gasteiger partial charge on any atom is -0.295 e. The van der Waals surface area contributed by atoms with Crippen molar-refractivity contribution < 1.29 is 19.2 Å². The molecule has 0 aromatic heterocycles. The Morgan fingerprint density at radius 1 is 1.00 bits per heavy atom. The molecular formula is C15H12N2O4. The summed E-state index contributed by atoms with van der Waals surface area (Å²) in [6.07, 6.45) is 1.56. The molecule has 1 saturated heterocycles. The number of hydrogen-bond donors (Lipinski definition) is 1. The molecule has 1 atom stereocenters. The van der Waals surface area contributed by atoms with Crippen molar-refractivity contribution in [3.8, 4) is 0 Å². The highest BCUT2D eigenvalue weighted by Crippen LogP contribution is 2.55. The van der Waals surface area contributed by atoms with Crippen molar-refractivity contribution in [2.24, 2.45) is 5.41 Å². The van der Waals surface area contributed by atoms with Crippen molar-refractivity contribution in [3.63, 3.8) is 0 Å². The summed E-state index contributed by atoms with van der Waals surface area (Å²) in [5.41, 5.74) is 0.0956. The summed E-state index contributed by atoms with van der Waals surface area (Å²) in [4.78, 5) is 49.8. The first-order valence-corrected chi connectivity index (χ1v) is 6.84. The highest BCUT2D eigenvalue weighted by atomic mass is 16.2. The van der Waals surface area contributed by atoms with E-state index < -0.39 is 29.2 Å². The third kappa shape index (κ3) is 1.53. The molecule has 4 amide bonds. The SMILES string of the molecule is O=C1CC2(CC2)C(N2C(=O)c3ccccc3C2=O)C(=O)N1. The van der Waals surface area contributed by atoms with Gasteiger partial charge in [0, 0.05) is 11.8 Å². The number of amides is 4. The van der Waals surface area contributed by atoms with Gasteiger partial charge in [0.25, 0.3) is 11.8 Å². The fraction of sp³-hybridized carbons (Fsp3) is 0.333. The molecule has 1 saturated carbocycles. The van der Waals surface area contributed by atoms with Crippen LogP contribution in [0.2, 0.25) is 0 Å². The van der Waals surface area contributed by atoms with Crippen LogP contribution in [0.1, 0.15) is 40.0 Å². The quantitative estimate of drug-likeness (QED) is 0.760. The third-order valence-electron chi connectivity index (χ3n) is 4.58. The zero-order valence-electron chi connectivity index (χ0n) is 11.1. The van der Waals surface area contributed by atoms with Gasteiger partial charge in [-0.2, -0.15) is 0 Å². The van der Waals surface area contributed by atoms with Crippen LogP contribution < -0.4 is 5.32 Å². The summed E-state index contributed by atoms with van der Waals surface area (Å²) in [5, 5.41) is 2.25. The molecule has 6 nitrogen and oxygen atoms in total. The Bertz CT molecular complexity index is 685. The minimum absolute atomic E-state index is 0.191. The molecule has 1 aromatic rings. The van der Waals surface area contributed by atoms with Gasteiger partial charge >= 0.3 is 0 Å². The lowest BCUT2D eigenvalue weighted by Crippen LogP contribution is -2.59. The summed E-state index contributed by atoms with van der Waals surface area (Å²) < 4.78 is 0. The fourth-order valence-corrected chi connectivity index (χ4v) is 3.39. The Morgan fingerprint density at radius 3 is 2.10 bits per heavy atom. The molecule has 21 heavy (non-hydrogen) atoms. The monoisotopic (exact) mass is 284 g/mol. The first-order chi connectivity index (χ1) is 10.0. The molecule has 3 aliphatic rings. The molecule has 1 N–H and O–H groups in total. The van der Waals surface area contributed by atoms with E-state index in [1.807, 2.05) is 0 Å². The topological polar surface area (TPSA) is 83.6 Å². The van der Waals surface area contributed by atoms with Crippen LogP contribution in [0.25, 0.3) is 0 Å². The molecule has 2 aliphatic heterocycles. The van der Waals surface area contributed by atoms with E-state index in [0.717, 1.165) is 4.90 Å². The predicted octanol–water partition coefficient (Wildman–Crippen LogP) is 0.478. The van der Waals surface area contributed by atoms with Crippen molar-refractivity contribution >= 4 is 23.6 Å². The van der Waals surface area contributed by atoms with Gasteiger partial charge in [0.05, 0.1) is 11.1 Å². The van der Waals surface area contributed by atoms with Crippen LogP contribution in [0.4, 0.5) is 0 Å². The fourth-order valence-electron chi connectivity index (χ4n) is 3.39. The van der Waals surface area contributed by atoms with Gasteiger partial charge in [-0.05, 0) is 25.0 Å². The number of piperidine rings is 1. The smallest absolute Gasteiger partial charge is 0.262 e. The largest absolute Gasteiger partial charge is 0.295 e. The second-order valence-corrected chi connectivity index (χ2v) is 5.88. The highest BCUT2D eigenvalue weighted by molar-refractivity contribution is 6.23. The van der Waals surface area contributed by atoms with Crippen LogP contribution in [0, 0.1) is 5.41 Å². The van der Waals surface area contributed by atoms with E-state index in [2.05, 4.69) is 5.32 Å². The Morgan fingerprint density at radius 2 is 1.57 bits per heavy atom. The van der Waals surface area contributed by atoms with Gasteiger partial charge in [-0.3, -0.25) is 29.4 Å². The van der Waals surface area contributed by atoms with E-state index >= 15 is 0 Å².